The molecule has 0 saturated carbocycles. The molecule has 0 atom stereocenters. The number of hydrogen-bond donors (Lipinski definition) is 2. The molecule has 0 aromatic carbocycles. The molecule has 0 bridgehead atoms. The predicted molar refractivity (Wildman–Crippen MR) is 52.6 cm³/mol. The first-order valence-corrected chi connectivity index (χ1v) is 6.20. The number of hydrogen-bond acceptors (Lipinski definition) is 4. The van der Waals surface area contributed by atoms with Gasteiger partial charge in [0.05, 0.1) is 0 Å². The van der Waals surface area contributed by atoms with Crippen LogP contribution in [0.25, 0.3) is 0 Å². The minimum absolute atomic E-state index is 0.272. The summed E-state index contributed by atoms with van der Waals surface area (Å²) in [7, 11) is -3.98. The van der Waals surface area contributed by atoms with Gasteiger partial charge in [0.1, 0.15) is 4.88 Å². The van der Waals surface area contributed by atoms with Crippen LogP contribution in [0.1, 0.15) is 9.67 Å². The summed E-state index contributed by atoms with van der Waals surface area (Å²) in [6.07, 6.45) is 0. The Kier molecular flexibility index (Phi) is 3.06. The van der Waals surface area contributed by atoms with Gasteiger partial charge in [0, 0.05) is 4.47 Å². The van der Waals surface area contributed by atoms with E-state index in [1.165, 1.54) is 0 Å². The summed E-state index contributed by atoms with van der Waals surface area (Å²) < 4.78 is 23.2. The molecule has 0 fully saturated rings. The summed E-state index contributed by atoms with van der Waals surface area (Å²) in [6, 6.07) is 1.64. The van der Waals surface area contributed by atoms with Crippen LogP contribution in [-0.2, 0) is 10.2 Å². The lowest BCUT2D eigenvalue weighted by Crippen LogP contribution is -2.35. The van der Waals surface area contributed by atoms with Crippen molar-refractivity contribution in [2.75, 3.05) is 0 Å². The van der Waals surface area contributed by atoms with Crippen LogP contribution in [-0.4, -0.2) is 14.3 Å². The number of amides is 1. The van der Waals surface area contributed by atoms with Gasteiger partial charge < -0.3 is 0 Å². The highest BCUT2D eigenvalue weighted by molar-refractivity contribution is 9.10. The van der Waals surface area contributed by atoms with Crippen molar-refractivity contribution in [3.8, 4) is 0 Å². The molecule has 0 radical (unpaired) electrons. The molecular formula is C5H5BrN2O3S2. The van der Waals surface area contributed by atoms with Crippen LogP contribution in [0, 0.1) is 0 Å². The maximum Gasteiger partial charge on any atom is 0.299 e. The first-order chi connectivity index (χ1) is 5.90. The van der Waals surface area contributed by atoms with Crippen LogP contribution in [0.5, 0.6) is 0 Å². The van der Waals surface area contributed by atoms with Gasteiger partial charge in [-0.1, -0.05) is 0 Å². The van der Waals surface area contributed by atoms with E-state index in [1.54, 1.807) is 16.2 Å². The van der Waals surface area contributed by atoms with Crippen LogP contribution in [0.15, 0.2) is 15.9 Å². The highest BCUT2D eigenvalue weighted by atomic mass is 79.9. The van der Waals surface area contributed by atoms with Gasteiger partial charge in [-0.2, -0.15) is 8.42 Å². The smallest absolute Gasteiger partial charge is 0.267 e. The molecule has 0 spiro atoms. The summed E-state index contributed by atoms with van der Waals surface area (Å²) in [5.41, 5.74) is 0. The van der Waals surface area contributed by atoms with E-state index in [0.29, 0.717) is 4.47 Å². The molecule has 72 valence electrons. The van der Waals surface area contributed by atoms with E-state index in [0.717, 1.165) is 11.3 Å². The van der Waals surface area contributed by atoms with Crippen molar-refractivity contribution < 1.29 is 13.2 Å². The van der Waals surface area contributed by atoms with Gasteiger partial charge in [0.25, 0.3) is 16.1 Å². The fourth-order valence-corrected chi connectivity index (χ4v) is 2.50. The van der Waals surface area contributed by atoms with Crippen LogP contribution in [0.3, 0.4) is 0 Å². The number of nitrogens with two attached hydrogens (primary N) is 1. The van der Waals surface area contributed by atoms with Crippen molar-refractivity contribution in [1.29, 1.82) is 0 Å². The number of nitrogens with one attached hydrogen (secondary N) is 1. The van der Waals surface area contributed by atoms with E-state index in [-0.39, 0.29) is 4.88 Å². The Morgan fingerprint density at radius 1 is 1.62 bits per heavy atom. The Bertz CT molecular complexity index is 425. The van der Waals surface area contributed by atoms with Crippen LogP contribution in [0.2, 0.25) is 0 Å². The van der Waals surface area contributed by atoms with E-state index >= 15 is 0 Å². The topological polar surface area (TPSA) is 89.3 Å². The molecule has 0 aliphatic rings. The Morgan fingerprint density at radius 3 is 2.62 bits per heavy atom. The van der Waals surface area contributed by atoms with Gasteiger partial charge in [-0.15, -0.1) is 11.3 Å². The molecule has 1 rings (SSSR count). The molecule has 5 nitrogen and oxygen atoms in total. The van der Waals surface area contributed by atoms with Crippen molar-refractivity contribution in [3.05, 3.63) is 20.8 Å². The largest absolute Gasteiger partial charge is 0.299 e. The lowest BCUT2D eigenvalue weighted by molar-refractivity contribution is 0.0985. The van der Waals surface area contributed by atoms with E-state index in [1.807, 2.05) is 0 Å². The van der Waals surface area contributed by atoms with E-state index in [4.69, 9.17) is 0 Å². The van der Waals surface area contributed by atoms with Gasteiger partial charge in [-0.3, -0.25) is 4.79 Å². The fourth-order valence-electron chi connectivity index (χ4n) is 0.631. The zero-order valence-electron chi connectivity index (χ0n) is 6.15. The molecule has 0 unspecified atom stereocenters. The molecule has 1 amide bonds. The zero-order chi connectivity index (χ0) is 10.1. The molecule has 1 aromatic heterocycles. The zero-order valence-corrected chi connectivity index (χ0v) is 9.37. The Labute approximate surface area is 87.3 Å². The average molecular weight is 285 g/mol. The second-order valence-corrected chi connectivity index (χ2v) is 5.14. The van der Waals surface area contributed by atoms with Crippen LogP contribution < -0.4 is 9.86 Å². The summed E-state index contributed by atoms with van der Waals surface area (Å²) >= 11 is 4.21. The third-order valence-electron chi connectivity index (χ3n) is 1.06. The quantitative estimate of drug-likeness (QED) is 0.826. The highest BCUT2D eigenvalue weighted by Crippen LogP contribution is 2.22. The normalized spacial score (nSPS) is 11.2. The predicted octanol–water partition coefficient (Wildman–Crippen LogP) is 0.444. The number of rotatable bonds is 2. The van der Waals surface area contributed by atoms with Crippen LogP contribution >= 0.6 is 27.3 Å². The molecule has 1 aromatic rings. The van der Waals surface area contributed by atoms with Crippen molar-refractivity contribution in [2.24, 2.45) is 5.14 Å². The number of carbonyl (C=O) groups excluding carboxylic acids is 1. The lowest BCUT2D eigenvalue weighted by Gasteiger charge is -1.99. The third kappa shape index (κ3) is 3.07. The van der Waals surface area contributed by atoms with Crippen LogP contribution in [0.4, 0.5) is 0 Å². The van der Waals surface area contributed by atoms with Gasteiger partial charge in [0.2, 0.25) is 0 Å². The lowest BCUT2D eigenvalue weighted by atomic mass is 10.5. The Balaban J connectivity index is 2.88. The minimum atomic E-state index is -3.98. The summed E-state index contributed by atoms with van der Waals surface area (Å²) in [4.78, 5) is 11.4. The molecule has 0 aliphatic carbocycles. The third-order valence-corrected chi connectivity index (χ3v) is 3.36. The molecule has 0 saturated heterocycles. The molecular weight excluding hydrogens is 280 g/mol. The molecule has 3 N–H and O–H groups in total. The second-order valence-electron chi connectivity index (χ2n) is 2.07. The fraction of sp³-hybridized carbons (Fsp3) is 0. The van der Waals surface area contributed by atoms with Gasteiger partial charge in [0.15, 0.2) is 0 Å². The number of carbonyl (C=O) groups is 1. The first-order valence-electron chi connectivity index (χ1n) is 2.98. The average Bonchev–Trinajstić information content (AvgIpc) is 2.30. The first kappa shape index (κ1) is 10.6. The summed E-state index contributed by atoms with van der Waals surface area (Å²) in [6.45, 7) is 0. The van der Waals surface area contributed by atoms with E-state index in [9.17, 15) is 13.2 Å². The Hall–Kier alpha value is -0.440. The molecule has 0 aliphatic heterocycles. The van der Waals surface area contributed by atoms with Crippen molar-refractivity contribution in [2.45, 2.75) is 0 Å². The van der Waals surface area contributed by atoms with Crippen molar-refractivity contribution in [1.82, 2.24) is 4.72 Å². The number of thiophene rings is 1. The summed E-state index contributed by atoms with van der Waals surface area (Å²) in [5.74, 6) is -0.732. The van der Waals surface area contributed by atoms with E-state index in [2.05, 4.69) is 21.1 Å². The highest BCUT2D eigenvalue weighted by Gasteiger charge is 2.15. The van der Waals surface area contributed by atoms with Crippen molar-refractivity contribution >= 4 is 43.4 Å². The van der Waals surface area contributed by atoms with Gasteiger partial charge in [-0.25, -0.2) is 9.86 Å². The standard InChI is InChI=1S/C5H5BrN2O3S2/c6-3-1-2-12-4(3)5(9)8-13(7,10)11/h1-2H,(H,8,9)(H2,7,10,11). The number of halogens is 1. The Morgan fingerprint density at radius 2 is 2.23 bits per heavy atom. The maximum atomic E-state index is 11.2. The van der Waals surface area contributed by atoms with E-state index < -0.39 is 16.1 Å². The van der Waals surface area contributed by atoms with Crippen molar-refractivity contribution in [3.63, 3.8) is 0 Å². The molecule has 1 heterocycles. The molecule has 8 heteroatoms. The van der Waals surface area contributed by atoms with Gasteiger partial charge >= 0.3 is 0 Å². The maximum absolute atomic E-state index is 11.2. The summed E-state index contributed by atoms with van der Waals surface area (Å²) in [5, 5.41) is 6.28. The second kappa shape index (κ2) is 3.74. The minimum Gasteiger partial charge on any atom is -0.267 e. The monoisotopic (exact) mass is 284 g/mol. The van der Waals surface area contributed by atoms with Gasteiger partial charge in [-0.05, 0) is 27.4 Å². The molecule has 13 heavy (non-hydrogen) atoms. The SMILES string of the molecule is NS(=O)(=O)NC(=O)c1sccc1Br.